The van der Waals surface area contributed by atoms with Crippen LogP contribution < -0.4 is 5.32 Å². The van der Waals surface area contributed by atoms with Crippen LogP contribution in [0.2, 0.25) is 0 Å². The molecule has 32 heavy (non-hydrogen) atoms. The van der Waals surface area contributed by atoms with Crippen LogP contribution in [0.5, 0.6) is 0 Å². The summed E-state index contributed by atoms with van der Waals surface area (Å²) in [7, 11) is 0. The quantitative estimate of drug-likeness (QED) is 0.528. The van der Waals surface area contributed by atoms with Crippen molar-refractivity contribution in [2.45, 2.75) is 19.8 Å². The molecule has 5 nitrogen and oxygen atoms in total. The molecule has 0 spiro atoms. The summed E-state index contributed by atoms with van der Waals surface area (Å²) >= 11 is 0. The van der Waals surface area contributed by atoms with Crippen molar-refractivity contribution in [1.29, 1.82) is 0 Å². The fourth-order valence-corrected chi connectivity index (χ4v) is 3.42. The molecule has 0 saturated carbocycles. The van der Waals surface area contributed by atoms with Gasteiger partial charge in [0.2, 0.25) is 0 Å². The lowest BCUT2D eigenvalue weighted by molar-refractivity contribution is 0.150. The topological polar surface area (TPSA) is 66.0 Å². The van der Waals surface area contributed by atoms with Crippen molar-refractivity contribution >= 4 is 22.3 Å². The normalized spacial score (nSPS) is 20.2. The first-order chi connectivity index (χ1) is 15.5. The maximum atomic E-state index is 12.6. The molecule has 2 N–H and O–H groups in total. The summed E-state index contributed by atoms with van der Waals surface area (Å²) in [6.45, 7) is 5.35. The Morgan fingerprint density at radius 3 is 2.91 bits per heavy atom. The molecule has 1 aliphatic heterocycles. The van der Waals surface area contributed by atoms with Gasteiger partial charge in [0.1, 0.15) is 5.65 Å². The third kappa shape index (κ3) is 4.88. The van der Waals surface area contributed by atoms with E-state index in [1.165, 1.54) is 0 Å². The summed E-state index contributed by atoms with van der Waals surface area (Å²) < 4.78 is 25.2. The van der Waals surface area contributed by atoms with Gasteiger partial charge in [-0.25, -0.2) is 13.8 Å². The third-order valence-electron chi connectivity index (χ3n) is 5.16. The number of hydrogen-bond acceptors (Lipinski definition) is 4. The van der Waals surface area contributed by atoms with Gasteiger partial charge < -0.3 is 10.3 Å². The van der Waals surface area contributed by atoms with Gasteiger partial charge in [-0.1, -0.05) is 24.8 Å². The van der Waals surface area contributed by atoms with E-state index in [1.807, 2.05) is 55.9 Å². The standard InChI is InChI=1S/C25H23F2N5/c1-16-5-6-18(7-8-19(12-29-16)17(2)30-15-24(26)27)23-14-32-25-22(23)10-21(13-31-25)20-4-3-9-28-11-20/h3-7,9-14,24,30H,2,8,15H2,1H3,(H,31,32)/b6-5-,18-7+,19-12+,29-16+. The Bertz CT molecular complexity index is 1250. The maximum Gasteiger partial charge on any atom is 0.255 e. The first kappa shape index (κ1) is 21.4. The van der Waals surface area contributed by atoms with Crippen LogP contribution in [0.15, 0.2) is 90.3 Å². The molecule has 4 heterocycles. The second kappa shape index (κ2) is 9.51. The summed E-state index contributed by atoms with van der Waals surface area (Å²) in [6.07, 6.45) is 13.0. The largest absolute Gasteiger partial charge is 0.380 e. The van der Waals surface area contributed by atoms with Crippen LogP contribution in [0.3, 0.4) is 0 Å². The van der Waals surface area contributed by atoms with Crippen molar-refractivity contribution in [3.8, 4) is 11.1 Å². The predicted octanol–water partition coefficient (Wildman–Crippen LogP) is 5.68. The summed E-state index contributed by atoms with van der Waals surface area (Å²) in [5.41, 5.74) is 6.71. The number of H-pyrrole nitrogens is 1. The minimum atomic E-state index is -2.45. The molecule has 4 rings (SSSR count). The number of aromatic nitrogens is 3. The molecule has 0 atom stereocenters. The molecule has 3 aromatic heterocycles. The van der Waals surface area contributed by atoms with Crippen LogP contribution in [-0.2, 0) is 0 Å². The molecule has 0 aliphatic carbocycles. The Balaban J connectivity index is 1.70. The van der Waals surface area contributed by atoms with Crippen molar-refractivity contribution in [2.24, 2.45) is 4.99 Å². The van der Waals surface area contributed by atoms with Crippen LogP contribution >= 0.6 is 0 Å². The van der Waals surface area contributed by atoms with Crippen LogP contribution in [-0.4, -0.2) is 33.6 Å². The van der Waals surface area contributed by atoms with E-state index in [2.05, 4.69) is 37.9 Å². The van der Waals surface area contributed by atoms with E-state index in [4.69, 9.17) is 0 Å². The van der Waals surface area contributed by atoms with Crippen molar-refractivity contribution in [1.82, 2.24) is 20.3 Å². The zero-order chi connectivity index (χ0) is 22.5. The number of aliphatic imine (C=N–C) groups is 1. The first-order valence-corrected chi connectivity index (χ1v) is 10.2. The number of nitrogens with zero attached hydrogens (tertiary/aromatic N) is 3. The smallest absolute Gasteiger partial charge is 0.255 e. The van der Waals surface area contributed by atoms with Crippen molar-refractivity contribution < 1.29 is 8.78 Å². The van der Waals surface area contributed by atoms with Crippen molar-refractivity contribution in [3.05, 3.63) is 90.8 Å². The lowest BCUT2D eigenvalue weighted by atomic mass is 10.00. The Morgan fingerprint density at radius 2 is 2.12 bits per heavy atom. The second-order valence-corrected chi connectivity index (χ2v) is 7.44. The monoisotopic (exact) mass is 431 g/mol. The van der Waals surface area contributed by atoms with Gasteiger partial charge in [0.15, 0.2) is 0 Å². The number of allylic oxidation sites excluding steroid dienone is 5. The average Bonchev–Trinajstić information content (AvgIpc) is 3.25. The molecule has 0 bridgehead atoms. The van der Waals surface area contributed by atoms with Crippen LogP contribution in [0.1, 0.15) is 18.9 Å². The van der Waals surface area contributed by atoms with E-state index < -0.39 is 13.0 Å². The number of nitrogens with one attached hydrogen (secondary N) is 2. The third-order valence-corrected chi connectivity index (χ3v) is 5.16. The second-order valence-electron chi connectivity index (χ2n) is 7.44. The molecule has 0 radical (unpaired) electrons. The van der Waals surface area contributed by atoms with Crippen molar-refractivity contribution in [3.63, 3.8) is 0 Å². The van der Waals surface area contributed by atoms with E-state index in [0.717, 1.165) is 44.6 Å². The van der Waals surface area contributed by atoms with Gasteiger partial charge in [0, 0.05) is 64.5 Å². The van der Waals surface area contributed by atoms with E-state index in [-0.39, 0.29) is 0 Å². The highest BCUT2D eigenvalue weighted by Crippen LogP contribution is 2.30. The molecular formula is C25H23F2N5. The summed E-state index contributed by atoms with van der Waals surface area (Å²) in [6, 6.07) is 5.98. The Morgan fingerprint density at radius 1 is 1.25 bits per heavy atom. The molecule has 0 saturated heterocycles. The molecular weight excluding hydrogens is 408 g/mol. The summed E-state index contributed by atoms with van der Waals surface area (Å²) in [4.78, 5) is 16.4. The lowest BCUT2D eigenvalue weighted by Crippen LogP contribution is -2.21. The van der Waals surface area contributed by atoms with E-state index in [1.54, 1.807) is 12.4 Å². The fourth-order valence-electron chi connectivity index (χ4n) is 3.42. The van der Waals surface area contributed by atoms with Gasteiger partial charge in [0.05, 0.1) is 6.54 Å². The predicted molar refractivity (Wildman–Crippen MR) is 125 cm³/mol. The molecule has 1 aliphatic rings. The van der Waals surface area contributed by atoms with Gasteiger partial charge in [-0.05, 0) is 42.7 Å². The van der Waals surface area contributed by atoms with Gasteiger partial charge in [-0.3, -0.25) is 9.98 Å². The highest BCUT2D eigenvalue weighted by molar-refractivity contribution is 5.99. The lowest BCUT2D eigenvalue weighted by Gasteiger charge is -2.11. The molecule has 0 unspecified atom stereocenters. The SMILES string of the molecule is C=C(NCC(F)F)/C1=C/N=C(C)/C=C\C(c2c[nH]c3ncc(-c4cccnc4)cc23)=C/C1. The van der Waals surface area contributed by atoms with Crippen molar-refractivity contribution in [2.75, 3.05) is 6.54 Å². The Labute approximate surface area is 185 Å². The highest BCUT2D eigenvalue weighted by Gasteiger charge is 2.12. The van der Waals surface area contributed by atoms with E-state index in [9.17, 15) is 8.78 Å². The van der Waals surface area contributed by atoms with Gasteiger partial charge >= 0.3 is 0 Å². The zero-order valence-electron chi connectivity index (χ0n) is 17.6. The molecule has 0 aromatic carbocycles. The van der Waals surface area contributed by atoms with Gasteiger partial charge in [0.25, 0.3) is 6.43 Å². The summed E-state index contributed by atoms with van der Waals surface area (Å²) in [5.74, 6) is 0. The minimum Gasteiger partial charge on any atom is -0.380 e. The van der Waals surface area contributed by atoms with Crippen LogP contribution in [0.25, 0.3) is 27.7 Å². The van der Waals surface area contributed by atoms with E-state index >= 15 is 0 Å². The zero-order valence-corrected chi connectivity index (χ0v) is 17.6. The van der Waals surface area contributed by atoms with Crippen LogP contribution in [0.4, 0.5) is 8.78 Å². The minimum absolute atomic E-state index is 0.443. The fraction of sp³-hybridized carbons (Fsp3) is 0.160. The number of rotatable bonds is 6. The number of halogens is 2. The van der Waals surface area contributed by atoms with Gasteiger partial charge in [-0.15, -0.1) is 0 Å². The van der Waals surface area contributed by atoms with Gasteiger partial charge in [-0.2, -0.15) is 0 Å². The highest BCUT2D eigenvalue weighted by atomic mass is 19.3. The number of fused-ring (bicyclic) bond motifs is 1. The Hall–Kier alpha value is -3.87. The first-order valence-electron chi connectivity index (χ1n) is 10.2. The molecule has 7 heteroatoms. The Kier molecular flexibility index (Phi) is 6.35. The number of alkyl halides is 2. The van der Waals surface area contributed by atoms with Crippen LogP contribution in [0, 0.1) is 0 Å². The molecule has 0 fully saturated rings. The molecule has 0 amide bonds. The maximum absolute atomic E-state index is 12.6. The number of hydrogen-bond donors (Lipinski definition) is 2. The summed E-state index contributed by atoms with van der Waals surface area (Å²) in [5, 5.41) is 3.67. The number of aromatic amines is 1. The number of pyridine rings is 2. The average molecular weight is 431 g/mol. The van der Waals surface area contributed by atoms with E-state index in [0.29, 0.717) is 12.1 Å². The molecule has 3 aromatic rings. The molecule has 162 valence electrons.